The predicted molar refractivity (Wildman–Crippen MR) is 47.7 cm³/mol. The van der Waals surface area contributed by atoms with Crippen LogP contribution in [0.4, 0.5) is 0 Å². The molecule has 0 spiro atoms. The fourth-order valence-electron chi connectivity index (χ4n) is 0.965. The molecule has 6 nitrogen and oxygen atoms in total. The molecule has 1 atom stereocenters. The SMILES string of the molecule is CCC(O)(CC(=O)O)NCCC(=O)O. The number of rotatable bonds is 7. The standard InChI is InChI=1S/C8H15NO5/c1-2-8(14,5-7(12)13)9-4-3-6(10)11/h9,14H,2-5H2,1H3,(H,10,11)(H,12,13). The summed E-state index contributed by atoms with van der Waals surface area (Å²) in [4.78, 5) is 20.5. The third-order valence-electron chi connectivity index (χ3n) is 1.82. The number of hydrogen-bond donors (Lipinski definition) is 4. The summed E-state index contributed by atoms with van der Waals surface area (Å²) in [7, 11) is 0. The quantitative estimate of drug-likeness (QED) is 0.422. The maximum Gasteiger partial charge on any atom is 0.307 e. The highest BCUT2D eigenvalue weighted by Gasteiger charge is 2.27. The topological polar surface area (TPSA) is 107 Å². The van der Waals surface area contributed by atoms with Crippen LogP contribution in [0.2, 0.25) is 0 Å². The summed E-state index contributed by atoms with van der Waals surface area (Å²) in [5, 5.41) is 28.9. The van der Waals surface area contributed by atoms with Crippen molar-refractivity contribution in [3.63, 3.8) is 0 Å². The van der Waals surface area contributed by atoms with Crippen LogP contribution in [0.15, 0.2) is 0 Å². The Balaban J connectivity index is 3.98. The van der Waals surface area contributed by atoms with E-state index in [9.17, 15) is 14.7 Å². The smallest absolute Gasteiger partial charge is 0.307 e. The lowest BCUT2D eigenvalue weighted by Crippen LogP contribution is -2.47. The fraction of sp³-hybridized carbons (Fsp3) is 0.750. The first-order valence-electron chi connectivity index (χ1n) is 4.30. The van der Waals surface area contributed by atoms with Crippen LogP contribution in [0.25, 0.3) is 0 Å². The van der Waals surface area contributed by atoms with E-state index in [4.69, 9.17) is 10.2 Å². The van der Waals surface area contributed by atoms with Crippen molar-refractivity contribution in [3.8, 4) is 0 Å². The van der Waals surface area contributed by atoms with Crippen LogP contribution in [0.1, 0.15) is 26.2 Å². The van der Waals surface area contributed by atoms with Crippen LogP contribution in [0, 0.1) is 0 Å². The molecule has 0 saturated heterocycles. The molecular formula is C8H15NO5. The van der Waals surface area contributed by atoms with Crippen LogP contribution in [-0.2, 0) is 9.59 Å². The van der Waals surface area contributed by atoms with Gasteiger partial charge in [-0.3, -0.25) is 14.9 Å². The molecule has 6 heteroatoms. The zero-order valence-corrected chi connectivity index (χ0v) is 7.99. The number of carbonyl (C=O) groups is 2. The van der Waals surface area contributed by atoms with Crippen molar-refractivity contribution >= 4 is 11.9 Å². The van der Waals surface area contributed by atoms with Gasteiger partial charge in [0.05, 0.1) is 12.8 Å². The normalized spacial score (nSPS) is 14.7. The summed E-state index contributed by atoms with van der Waals surface area (Å²) in [5.41, 5.74) is -1.51. The second kappa shape index (κ2) is 5.56. The number of carboxylic acid groups (broad SMARTS) is 2. The van der Waals surface area contributed by atoms with Crippen molar-refractivity contribution in [1.29, 1.82) is 0 Å². The van der Waals surface area contributed by atoms with E-state index in [1.54, 1.807) is 6.92 Å². The van der Waals surface area contributed by atoms with Crippen LogP contribution in [-0.4, -0.2) is 39.5 Å². The number of hydrogen-bond acceptors (Lipinski definition) is 4. The number of aliphatic hydroxyl groups is 1. The molecule has 0 aliphatic rings. The van der Waals surface area contributed by atoms with Gasteiger partial charge in [-0.1, -0.05) is 6.92 Å². The van der Waals surface area contributed by atoms with Crippen LogP contribution in [0.3, 0.4) is 0 Å². The van der Waals surface area contributed by atoms with E-state index in [-0.39, 0.29) is 19.4 Å². The van der Waals surface area contributed by atoms with E-state index in [2.05, 4.69) is 5.32 Å². The molecule has 0 bridgehead atoms. The van der Waals surface area contributed by atoms with Crippen molar-refractivity contribution in [1.82, 2.24) is 5.32 Å². The zero-order valence-electron chi connectivity index (χ0n) is 7.99. The first-order valence-corrected chi connectivity index (χ1v) is 4.30. The van der Waals surface area contributed by atoms with Gasteiger partial charge in [-0.2, -0.15) is 0 Å². The van der Waals surface area contributed by atoms with Crippen LogP contribution < -0.4 is 5.32 Å². The molecule has 82 valence electrons. The molecule has 0 amide bonds. The third-order valence-corrected chi connectivity index (χ3v) is 1.82. The highest BCUT2D eigenvalue weighted by molar-refractivity contribution is 5.68. The van der Waals surface area contributed by atoms with Gasteiger partial charge in [0, 0.05) is 6.54 Å². The van der Waals surface area contributed by atoms with Crippen LogP contribution >= 0.6 is 0 Å². The van der Waals surface area contributed by atoms with Gasteiger partial charge in [0.2, 0.25) is 0 Å². The minimum Gasteiger partial charge on any atom is -0.481 e. The molecule has 0 aromatic rings. The van der Waals surface area contributed by atoms with Gasteiger partial charge < -0.3 is 15.3 Å². The maximum absolute atomic E-state index is 10.4. The molecule has 0 radical (unpaired) electrons. The Bertz CT molecular complexity index is 218. The molecule has 0 aliphatic carbocycles. The molecule has 0 fully saturated rings. The lowest BCUT2D eigenvalue weighted by atomic mass is 10.1. The van der Waals surface area contributed by atoms with Gasteiger partial charge in [0.25, 0.3) is 0 Å². The van der Waals surface area contributed by atoms with Gasteiger partial charge >= 0.3 is 11.9 Å². The number of nitrogens with one attached hydrogen (secondary N) is 1. The first-order chi connectivity index (χ1) is 6.39. The lowest BCUT2D eigenvalue weighted by Gasteiger charge is -2.25. The summed E-state index contributed by atoms with van der Waals surface area (Å²) >= 11 is 0. The Labute approximate surface area is 81.5 Å². The summed E-state index contributed by atoms with van der Waals surface area (Å²) in [6, 6.07) is 0. The van der Waals surface area contributed by atoms with Crippen molar-refractivity contribution in [2.75, 3.05) is 6.54 Å². The van der Waals surface area contributed by atoms with Gasteiger partial charge in [0.15, 0.2) is 0 Å². The van der Waals surface area contributed by atoms with Crippen molar-refractivity contribution in [2.24, 2.45) is 0 Å². The van der Waals surface area contributed by atoms with E-state index >= 15 is 0 Å². The zero-order chi connectivity index (χ0) is 11.2. The molecule has 0 aromatic heterocycles. The van der Waals surface area contributed by atoms with E-state index < -0.39 is 24.1 Å². The monoisotopic (exact) mass is 205 g/mol. The van der Waals surface area contributed by atoms with Crippen molar-refractivity contribution in [3.05, 3.63) is 0 Å². The summed E-state index contributed by atoms with van der Waals surface area (Å²) in [6.07, 6.45) is -0.385. The highest BCUT2D eigenvalue weighted by atomic mass is 16.4. The average molecular weight is 205 g/mol. The van der Waals surface area contributed by atoms with Gasteiger partial charge in [-0.05, 0) is 6.42 Å². The Morgan fingerprint density at radius 3 is 2.21 bits per heavy atom. The minimum absolute atomic E-state index is 0.0486. The first kappa shape index (κ1) is 12.9. The Hall–Kier alpha value is -1.14. The van der Waals surface area contributed by atoms with Gasteiger partial charge in [0.1, 0.15) is 5.72 Å². The second-order valence-electron chi connectivity index (χ2n) is 3.03. The predicted octanol–water partition coefficient (Wildman–Crippen LogP) is -0.376. The molecule has 0 rings (SSSR count). The van der Waals surface area contributed by atoms with E-state index in [1.165, 1.54) is 0 Å². The summed E-state index contributed by atoms with van der Waals surface area (Å²) in [5.74, 6) is -2.12. The van der Waals surface area contributed by atoms with Crippen molar-refractivity contribution < 1.29 is 24.9 Å². The molecule has 14 heavy (non-hydrogen) atoms. The Morgan fingerprint density at radius 2 is 1.86 bits per heavy atom. The third kappa shape index (κ3) is 5.50. The van der Waals surface area contributed by atoms with E-state index in [0.29, 0.717) is 0 Å². The minimum atomic E-state index is -1.51. The van der Waals surface area contributed by atoms with E-state index in [1.807, 2.05) is 0 Å². The second-order valence-corrected chi connectivity index (χ2v) is 3.03. The molecule has 0 saturated carbocycles. The Morgan fingerprint density at radius 1 is 1.29 bits per heavy atom. The molecule has 4 N–H and O–H groups in total. The van der Waals surface area contributed by atoms with Gasteiger partial charge in [-0.25, -0.2) is 0 Å². The molecule has 0 aromatic carbocycles. The molecule has 1 unspecified atom stereocenters. The number of aliphatic carboxylic acids is 2. The number of carboxylic acids is 2. The van der Waals surface area contributed by atoms with Gasteiger partial charge in [-0.15, -0.1) is 0 Å². The summed E-state index contributed by atoms with van der Waals surface area (Å²) in [6.45, 7) is 1.67. The largest absolute Gasteiger partial charge is 0.481 e. The van der Waals surface area contributed by atoms with Crippen molar-refractivity contribution in [2.45, 2.75) is 31.9 Å². The fourth-order valence-corrected chi connectivity index (χ4v) is 0.965. The molecule has 0 heterocycles. The van der Waals surface area contributed by atoms with Crippen LogP contribution in [0.5, 0.6) is 0 Å². The molecular weight excluding hydrogens is 190 g/mol. The average Bonchev–Trinajstić information content (AvgIpc) is 2.02. The maximum atomic E-state index is 10.4. The lowest BCUT2D eigenvalue weighted by molar-refractivity contribution is -0.144. The Kier molecular flexibility index (Phi) is 5.11. The molecule has 0 aliphatic heterocycles. The highest BCUT2D eigenvalue weighted by Crippen LogP contribution is 2.10. The summed E-state index contributed by atoms with van der Waals surface area (Å²) < 4.78 is 0. The van der Waals surface area contributed by atoms with E-state index in [0.717, 1.165) is 0 Å².